The highest BCUT2D eigenvalue weighted by atomic mass is 16.1. The molecule has 0 saturated carbocycles. The fraction of sp³-hybridized carbons (Fsp3) is 0.588. The number of nitrogens with zero attached hydrogens (tertiary/aromatic N) is 1. The van der Waals surface area contributed by atoms with Gasteiger partial charge in [0.05, 0.1) is 6.04 Å². The summed E-state index contributed by atoms with van der Waals surface area (Å²) in [5, 5.41) is 3.39. The summed E-state index contributed by atoms with van der Waals surface area (Å²) in [4.78, 5) is 15.2. The second kappa shape index (κ2) is 6.51. The lowest BCUT2D eigenvalue weighted by Gasteiger charge is -2.27. The van der Waals surface area contributed by atoms with E-state index in [1.54, 1.807) is 0 Å². The molecular weight excluding hydrogens is 248 g/mol. The van der Waals surface area contributed by atoms with Gasteiger partial charge >= 0.3 is 0 Å². The van der Waals surface area contributed by atoms with Gasteiger partial charge in [-0.25, -0.2) is 0 Å². The molecule has 0 radical (unpaired) electrons. The molecule has 0 bridgehead atoms. The van der Waals surface area contributed by atoms with Crippen molar-refractivity contribution in [2.75, 3.05) is 26.2 Å². The second-order valence-corrected chi connectivity index (χ2v) is 5.95. The van der Waals surface area contributed by atoms with Crippen LogP contribution in [0.4, 0.5) is 0 Å². The zero-order chi connectivity index (χ0) is 14.7. The first-order valence-electron chi connectivity index (χ1n) is 7.57. The van der Waals surface area contributed by atoms with E-state index < -0.39 is 0 Å². The fourth-order valence-electron chi connectivity index (χ4n) is 3.20. The zero-order valence-corrected chi connectivity index (χ0v) is 13.1. The average molecular weight is 274 g/mol. The summed E-state index contributed by atoms with van der Waals surface area (Å²) in [7, 11) is 0. The van der Waals surface area contributed by atoms with Crippen LogP contribution in [-0.4, -0.2) is 42.9 Å². The molecule has 1 N–H and O–H groups in total. The molecule has 1 fully saturated rings. The van der Waals surface area contributed by atoms with Crippen LogP contribution in [0.15, 0.2) is 12.1 Å². The number of nitrogens with one attached hydrogen (secondary N) is 1. The molecule has 1 aliphatic rings. The first kappa shape index (κ1) is 15.2. The predicted octanol–water partition coefficient (Wildman–Crippen LogP) is 2.48. The molecule has 1 saturated heterocycles. The third-order valence-electron chi connectivity index (χ3n) is 4.23. The van der Waals surface area contributed by atoms with Crippen molar-refractivity contribution in [2.24, 2.45) is 0 Å². The molecule has 0 aromatic heterocycles. The van der Waals surface area contributed by atoms with Crippen molar-refractivity contribution >= 4 is 5.78 Å². The summed E-state index contributed by atoms with van der Waals surface area (Å²) in [5.74, 6) is 0.266. The molecule has 1 aromatic carbocycles. The van der Waals surface area contributed by atoms with E-state index in [2.05, 4.69) is 29.3 Å². The van der Waals surface area contributed by atoms with E-state index in [-0.39, 0.29) is 11.8 Å². The largest absolute Gasteiger partial charge is 0.315 e. The fourth-order valence-corrected chi connectivity index (χ4v) is 3.20. The van der Waals surface area contributed by atoms with Crippen LogP contribution in [0.25, 0.3) is 0 Å². The molecule has 1 atom stereocenters. The number of rotatable bonds is 3. The maximum atomic E-state index is 12.8. The lowest BCUT2D eigenvalue weighted by molar-refractivity contribution is 0.0845. The molecule has 1 aromatic rings. The maximum Gasteiger partial charge on any atom is 0.180 e. The van der Waals surface area contributed by atoms with Crippen molar-refractivity contribution in [1.29, 1.82) is 0 Å². The van der Waals surface area contributed by atoms with Crippen LogP contribution in [0, 0.1) is 20.8 Å². The van der Waals surface area contributed by atoms with Crippen molar-refractivity contribution < 1.29 is 4.79 Å². The van der Waals surface area contributed by atoms with Gasteiger partial charge in [0.25, 0.3) is 0 Å². The standard InChI is InChI=1S/C17H26N2O/c1-12-10-13(2)16(14(3)11-12)17(20)15(4)19-8-5-6-18-7-9-19/h10-11,15,18H,5-9H2,1-4H3. The molecule has 0 amide bonds. The lowest BCUT2D eigenvalue weighted by Crippen LogP contribution is -2.41. The number of carbonyl (C=O) groups excluding carboxylic acids is 1. The van der Waals surface area contributed by atoms with Crippen molar-refractivity contribution in [3.05, 3.63) is 34.4 Å². The summed E-state index contributed by atoms with van der Waals surface area (Å²) in [6, 6.07) is 4.18. The van der Waals surface area contributed by atoms with Gasteiger partial charge in [0, 0.05) is 25.2 Å². The second-order valence-electron chi connectivity index (χ2n) is 5.95. The Labute approximate surface area is 122 Å². The summed E-state index contributed by atoms with van der Waals surface area (Å²) >= 11 is 0. The Hall–Kier alpha value is -1.19. The summed E-state index contributed by atoms with van der Waals surface area (Å²) in [6.07, 6.45) is 1.11. The Bertz CT molecular complexity index is 465. The highest BCUT2D eigenvalue weighted by Crippen LogP contribution is 2.20. The lowest BCUT2D eigenvalue weighted by atomic mass is 9.93. The SMILES string of the molecule is Cc1cc(C)c(C(=O)C(C)N2CCCNCC2)c(C)c1. The van der Waals surface area contributed by atoms with Crippen LogP contribution in [-0.2, 0) is 0 Å². The number of ketones is 1. The van der Waals surface area contributed by atoms with Gasteiger partial charge in [0.1, 0.15) is 0 Å². The van der Waals surface area contributed by atoms with Crippen molar-refractivity contribution in [3.8, 4) is 0 Å². The predicted molar refractivity (Wildman–Crippen MR) is 83.5 cm³/mol. The third-order valence-corrected chi connectivity index (χ3v) is 4.23. The Morgan fingerprint density at radius 1 is 1.15 bits per heavy atom. The van der Waals surface area contributed by atoms with Gasteiger partial charge in [0.15, 0.2) is 5.78 Å². The molecule has 1 unspecified atom stereocenters. The molecule has 3 heteroatoms. The van der Waals surface area contributed by atoms with Crippen molar-refractivity contribution in [2.45, 2.75) is 40.2 Å². The monoisotopic (exact) mass is 274 g/mol. The minimum Gasteiger partial charge on any atom is -0.315 e. The minimum absolute atomic E-state index is 0.0324. The Morgan fingerprint density at radius 2 is 1.80 bits per heavy atom. The van der Waals surface area contributed by atoms with Crippen molar-refractivity contribution in [3.63, 3.8) is 0 Å². The van der Waals surface area contributed by atoms with Crippen LogP contribution >= 0.6 is 0 Å². The Morgan fingerprint density at radius 3 is 2.45 bits per heavy atom. The first-order chi connectivity index (χ1) is 9.50. The molecule has 2 rings (SSSR count). The molecule has 110 valence electrons. The van der Waals surface area contributed by atoms with E-state index in [0.29, 0.717) is 0 Å². The van der Waals surface area contributed by atoms with Gasteiger partial charge < -0.3 is 5.32 Å². The number of hydrogen-bond acceptors (Lipinski definition) is 3. The zero-order valence-electron chi connectivity index (χ0n) is 13.1. The minimum atomic E-state index is -0.0324. The summed E-state index contributed by atoms with van der Waals surface area (Å²) < 4.78 is 0. The average Bonchev–Trinajstić information content (AvgIpc) is 2.65. The normalized spacial score (nSPS) is 18.6. The van der Waals surface area contributed by atoms with E-state index in [9.17, 15) is 4.79 Å². The molecule has 1 heterocycles. The van der Waals surface area contributed by atoms with Gasteiger partial charge in [0.2, 0.25) is 0 Å². The molecule has 20 heavy (non-hydrogen) atoms. The first-order valence-corrected chi connectivity index (χ1v) is 7.57. The number of hydrogen-bond donors (Lipinski definition) is 1. The van der Waals surface area contributed by atoms with E-state index in [1.807, 2.05) is 20.8 Å². The molecule has 1 aliphatic heterocycles. The van der Waals surface area contributed by atoms with E-state index >= 15 is 0 Å². The highest BCUT2D eigenvalue weighted by molar-refractivity contribution is 6.02. The van der Waals surface area contributed by atoms with Gasteiger partial charge in [-0.15, -0.1) is 0 Å². The number of aryl methyl sites for hydroxylation is 3. The van der Waals surface area contributed by atoms with Gasteiger partial charge in [-0.3, -0.25) is 9.69 Å². The van der Waals surface area contributed by atoms with Gasteiger partial charge in [-0.05, 0) is 51.8 Å². The number of Topliss-reactive ketones (excluding diaryl/α,β-unsaturated/α-hetero) is 1. The molecule has 3 nitrogen and oxygen atoms in total. The summed E-state index contributed by atoms with van der Waals surface area (Å²) in [5.41, 5.74) is 4.35. The van der Waals surface area contributed by atoms with Crippen molar-refractivity contribution in [1.82, 2.24) is 10.2 Å². The van der Waals surface area contributed by atoms with Crippen LogP contribution < -0.4 is 5.32 Å². The maximum absolute atomic E-state index is 12.8. The van der Waals surface area contributed by atoms with Crippen LogP contribution in [0.2, 0.25) is 0 Å². The van der Waals surface area contributed by atoms with Gasteiger partial charge in [-0.1, -0.05) is 17.7 Å². The number of carbonyl (C=O) groups is 1. The van der Waals surface area contributed by atoms with E-state index in [1.165, 1.54) is 5.56 Å². The quantitative estimate of drug-likeness (QED) is 0.860. The summed E-state index contributed by atoms with van der Waals surface area (Å²) in [6.45, 7) is 12.2. The number of benzene rings is 1. The topological polar surface area (TPSA) is 32.3 Å². The molecular formula is C17H26N2O. The van der Waals surface area contributed by atoms with E-state index in [0.717, 1.165) is 49.3 Å². The third kappa shape index (κ3) is 3.28. The highest BCUT2D eigenvalue weighted by Gasteiger charge is 2.25. The smallest absolute Gasteiger partial charge is 0.180 e. The van der Waals surface area contributed by atoms with Crippen LogP contribution in [0.1, 0.15) is 40.4 Å². The molecule has 0 spiro atoms. The van der Waals surface area contributed by atoms with Crippen LogP contribution in [0.5, 0.6) is 0 Å². The van der Waals surface area contributed by atoms with E-state index in [4.69, 9.17) is 0 Å². The molecule has 0 aliphatic carbocycles. The van der Waals surface area contributed by atoms with Gasteiger partial charge in [-0.2, -0.15) is 0 Å². The Balaban J connectivity index is 2.22. The van der Waals surface area contributed by atoms with Crippen LogP contribution in [0.3, 0.4) is 0 Å². The Kier molecular flexibility index (Phi) is 4.95.